The van der Waals surface area contributed by atoms with Crippen LogP contribution in [0.1, 0.15) is 11.1 Å². The first-order valence-electron chi connectivity index (χ1n) is 9.82. The summed E-state index contributed by atoms with van der Waals surface area (Å²) in [5, 5.41) is 1.12. The molecular formula is C24H15Cl2NO4S2. The van der Waals surface area contributed by atoms with Crippen molar-refractivity contribution in [3.05, 3.63) is 86.7 Å². The van der Waals surface area contributed by atoms with E-state index in [9.17, 15) is 4.79 Å². The zero-order chi connectivity index (χ0) is 22.9. The molecular weight excluding hydrogens is 501 g/mol. The van der Waals surface area contributed by atoms with Gasteiger partial charge in [0.25, 0.3) is 5.91 Å². The number of hydrogen-bond donors (Lipinski definition) is 0. The van der Waals surface area contributed by atoms with Crippen molar-refractivity contribution in [2.75, 3.05) is 11.7 Å². The largest absolute Gasteiger partial charge is 0.489 e. The molecule has 0 N–H and O–H groups in total. The minimum absolute atomic E-state index is 0.166. The number of carbonyl (C=O) groups excluding carboxylic acids is 1. The summed E-state index contributed by atoms with van der Waals surface area (Å²) in [5.74, 6) is 1.71. The summed E-state index contributed by atoms with van der Waals surface area (Å²) in [4.78, 5) is 15.1. The van der Waals surface area contributed by atoms with Gasteiger partial charge in [-0.15, -0.1) is 0 Å². The number of halogens is 2. The normalized spacial score (nSPS) is 16.1. The Bertz CT molecular complexity index is 1310. The lowest BCUT2D eigenvalue weighted by molar-refractivity contribution is -0.113. The van der Waals surface area contributed by atoms with Crippen LogP contribution < -0.4 is 19.1 Å². The van der Waals surface area contributed by atoms with E-state index in [1.54, 1.807) is 36.4 Å². The third-order valence-corrected chi connectivity index (χ3v) is 6.86. The summed E-state index contributed by atoms with van der Waals surface area (Å²) in [6.07, 6.45) is 1.80. The second-order valence-electron chi connectivity index (χ2n) is 7.15. The van der Waals surface area contributed by atoms with Gasteiger partial charge in [-0.25, -0.2) is 0 Å². The number of amides is 1. The van der Waals surface area contributed by atoms with E-state index >= 15 is 0 Å². The van der Waals surface area contributed by atoms with Gasteiger partial charge in [0.2, 0.25) is 6.79 Å². The number of carbonyl (C=O) groups is 1. The molecule has 0 radical (unpaired) electrons. The number of thiocarbonyl (C=S) groups is 1. The molecule has 3 aromatic carbocycles. The number of thioether (sulfide) groups is 1. The molecule has 5 nitrogen and oxygen atoms in total. The Kier molecular flexibility index (Phi) is 6.21. The van der Waals surface area contributed by atoms with Crippen molar-refractivity contribution in [2.24, 2.45) is 0 Å². The Hall–Kier alpha value is -2.71. The molecule has 2 aliphatic heterocycles. The summed E-state index contributed by atoms with van der Waals surface area (Å²) in [5.41, 5.74) is 2.29. The maximum Gasteiger partial charge on any atom is 0.270 e. The van der Waals surface area contributed by atoms with Gasteiger partial charge in [0.1, 0.15) is 12.4 Å². The summed E-state index contributed by atoms with van der Waals surface area (Å²) < 4.78 is 17.1. The molecule has 0 unspecified atom stereocenters. The molecule has 3 aromatic rings. The molecule has 1 fully saturated rings. The second kappa shape index (κ2) is 9.27. The van der Waals surface area contributed by atoms with Crippen LogP contribution in [0.3, 0.4) is 0 Å². The van der Waals surface area contributed by atoms with Gasteiger partial charge in [-0.1, -0.05) is 65.4 Å². The lowest BCUT2D eigenvalue weighted by Crippen LogP contribution is -2.27. The van der Waals surface area contributed by atoms with E-state index in [1.807, 2.05) is 30.3 Å². The summed E-state index contributed by atoms with van der Waals surface area (Å²) in [7, 11) is 0. The Morgan fingerprint density at radius 3 is 2.76 bits per heavy atom. The standard InChI is InChI=1S/C24H15Cl2NO4S2/c25-16-5-4-15(19(26)10-16)12-29-18-3-1-2-14(8-18)9-22-23(28)27(24(32)33-22)17-6-7-20-21(11-17)31-13-30-20/h1-11H,12-13H2/b22-9+. The van der Waals surface area contributed by atoms with Crippen LogP contribution in [0.2, 0.25) is 10.0 Å². The van der Waals surface area contributed by atoms with Crippen LogP contribution in [-0.4, -0.2) is 17.0 Å². The first kappa shape index (κ1) is 22.1. The molecule has 33 heavy (non-hydrogen) atoms. The lowest BCUT2D eigenvalue weighted by Gasteiger charge is -2.14. The van der Waals surface area contributed by atoms with Gasteiger partial charge in [0.05, 0.1) is 10.6 Å². The Morgan fingerprint density at radius 1 is 1.06 bits per heavy atom. The van der Waals surface area contributed by atoms with Crippen molar-refractivity contribution in [3.8, 4) is 17.2 Å². The van der Waals surface area contributed by atoms with Gasteiger partial charge in [-0.3, -0.25) is 9.69 Å². The summed E-state index contributed by atoms with van der Waals surface area (Å²) >= 11 is 18.9. The highest BCUT2D eigenvalue weighted by Gasteiger charge is 2.34. The van der Waals surface area contributed by atoms with E-state index in [-0.39, 0.29) is 12.7 Å². The predicted octanol–water partition coefficient (Wildman–Crippen LogP) is 6.71. The molecule has 1 amide bonds. The highest BCUT2D eigenvalue weighted by Crippen LogP contribution is 2.41. The van der Waals surface area contributed by atoms with Crippen LogP contribution in [-0.2, 0) is 11.4 Å². The molecule has 0 aliphatic carbocycles. The van der Waals surface area contributed by atoms with Crippen LogP contribution in [0, 0.1) is 0 Å². The number of nitrogens with zero attached hydrogens (tertiary/aromatic N) is 1. The minimum atomic E-state index is -0.192. The Morgan fingerprint density at radius 2 is 1.91 bits per heavy atom. The second-order valence-corrected chi connectivity index (χ2v) is 9.67. The molecule has 9 heteroatoms. The Labute approximate surface area is 209 Å². The van der Waals surface area contributed by atoms with Gasteiger partial charge in [-0.05, 0) is 48.0 Å². The van der Waals surface area contributed by atoms with Gasteiger partial charge in [-0.2, -0.15) is 0 Å². The maximum atomic E-state index is 13.1. The highest BCUT2D eigenvalue weighted by atomic mass is 35.5. The number of hydrogen-bond acceptors (Lipinski definition) is 6. The molecule has 2 heterocycles. The average molecular weight is 516 g/mol. The van der Waals surface area contributed by atoms with Gasteiger partial charge < -0.3 is 14.2 Å². The van der Waals surface area contributed by atoms with Gasteiger partial charge in [0.15, 0.2) is 15.8 Å². The van der Waals surface area contributed by atoms with E-state index in [0.29, 0.717) is 48.8 Å². The fourth-order valence-corrected chi connectivity index (χ4v) is 5.12. The smallest absolute Gasteiger partial charge is 0.270 e. The number of benzene rings is 3. The van der Waals surface area contributed by atoms with Crippen LogP contribution in [0.25, 0.3) is 6.08 Å². The average Bonchev–Trinajstić information content (AvgIpc) is 3.37. The number of anilines is 1. The first-order valence-corrected chi connectivity index (χ1v) is 11.8. The lowest BCUT2D eigenvalue weighted by atomic mass is 10.2. The fraction of sp³-hybridized carbons (Fsp3) is 0.0833. The zero-order valence-electron chi connectivity index (χ0n) is 16.9. The number of rotatable bonds is 5. The van der Waals surface area contributed by atoms with Crippen molar-refractivity contribution in [1.82, 2.24) is 0 Å². The third-order valence-electron chi connectivity index (χ3n) is 4.97. The monoisotopic (exact) mass is 515 g/mol. The molecule has 2 aliphatic rings. The van der Waals surface area contributed by atoms with Crippen LogP contribution >= 0.6 is 47.2 Å². The van der Waals surface area contributed by atoms with Crippen LogP contribution in [0.15, 0.2) is 65.6 Å². The molecule has 1 saturated heterocycles. The SMILES string of the molecule is O=C1/C(=C\c2cccc(OCc3ccc(Cl)cc3Cl)c2)SC(=S)N1c1ccc2c(c1)OCO2. The highest BCUT2D eigenvalue weighted by molar-refractivity contribution is 8.27. The maximum absolute atomic E-state index is 13.1. The predicted molar refractivity (Wildman–Crippen MR) is 135 cm³/mol. The van der Waals surface area contributed by atoms with E-state index in [2.05, 4.69) is 0 Å². The minimum Gasteiger partial charge on any atom is -0.489 e. The van der Waals surface area contributed by atoms with E-state index < -0.39 is 0 Å². The van der Waals surface area contributed by atoms with Crippen molar-refractivity contribution in [1.29, 1.82) is 0 Å². The van der Waals surface area contributed by atoms with Crippen molar-refractivity contribution >= 4 is 69.2 Å². The molecule has 0 spiro atoms. The fourth-order valence-electron chi connectivity index (χ4n) is 3.36. The van der Waals surface area contributed by atoms with Crippen molar-refractivity contribution in [2.45, 2.75) is 6.61 Å². The summed E-state index contributed by atoms with van der Waals surface area (Å²) in [6.45, 7) is 0.464. The molecule has 0 atom stereocenters. The first-order chi connectivity index (χ1) is 16.0. The molecule has 0 saturated carbocycles. The molecule has 0 bridgehead atoms. The van der Waals surface area contributed by atoms with Gasteiger partial charge in [0, 0.05) is 21.7 Å². The van der Waals surface area contributed by atoms with Gasteiger partial charge >= 0.3 is 0 Å². The van der Waals surface area contributed by atoms with E-state index in [0.717, 1.165) is 11.1 Å². The van der Waals surface area contributed by atoms with E-state index in [4.69, 9.17) is 49.6 Å². The summed E-state index contributed by atoms with van der Waals surface area (Å²) in [6, 6.07) is 18.1. The third kappa shape index (κ3) is 4.68. The zero-order valence-corrected chi connectivity index (χ0v) is 20.1. The topological polar surface area (TPSA) is 48.0 Å². The van der Waals surface area contributed by atoms with E-state index in [1.165, 1.54) is 16.7 Å². The molecule has 0 aromatic heterocycles. The number of ether oxygens (including phenoxy) is 3. The number of fused-ring (bicyclic) bond motifs is 1. The molecule has 5 rings (SSSR count). The molecule has 166 valence electrons. The Balaban J connectivity index is 1.33. The van der Waals surface area contributed by atoms with Crippen LogP contribution in [0.4, 0.5) is 5.69 Å². The van der Waals surface area contributed by atoms with Crippen molar-refractivity contribution < 1.29 is 19.0 Å². The van der Waals surface area contributed by atoms with Crippen LogP contribution in [0.5, 0.6) is 17.2 Å². The van der Waals surface area contributed by atoms with Crippen molar-refractivity contribution in [3.63, 3.8) is 0 Å². The quantitative estimate of drug-likeness (QED) is 0.278.